The van der Waals surface area contributed by atoms with Gasteiger partial charge in [-0.2, -0.15) is 0 Å². The van der Waals surface area contributed by atoms with Crippen molar-refractivity contribution < 1.29 is 8.42 Å². The number of nitrogens with zero attached hydrogens (tertiary/aromatic N) is 1. The van der Waals surface area contributed by atoms with Gasteiger partial charge in [-0.15, -0.1) is 11.3 Å². The van der Waals surface area contributed by atoms with Crippen LogP contribution in [0.3, 0.4) is 0 Å². The highest BCUT2D eigenvalue weighted by molar-refractivity contribution is 9.10. The van der Waals surface area contributed by atoms with Crippen LogP contribution in [0, 0.1) is 0 Å². The number of guanidine groups is 1. The van der Waals surface area contributed by atoms with E-state index in [1.165, 1.54) is 0 Å². The summed E-state index contributed by atoms with van der Waals surface area (Å²) in [7, 11) is -3.62. The molecule has 0 saturated carbocycles. The first-order valence-corrected chi connectivity index (χ1v) is 9.74. The molecule has 1 aromatic heterocycles. The standard InChI is InChI=1S/C13H11BrClN3O2S2/c1-7(8-2-4-9(14)5-3-8)16-13-17-10-6-11(15)21-12(10)22(19,20)18-13/h2-7H,1H3,(H2,16,17,18)/t7-/m0/s1. The Morgan fingerprint density at radius 3 is 2.68 bits per heavy atom. The van der Waals surface area contributed by atoms with E-state index in [0.717, 1.165) is 21.4 Å². The van der Waals surface area contributed by atoms with Gasteiger partial charge in [0.15, 0.2) is 4.21 Å². The van der Waals surface area contributed by atoms with E-state index >= 15 is 0 Å². The van der Waals surface area contributed by atoms with E-state index in [4.69, 9.17) is 11.6 Å². The quantitative estimate of drug-likeness (QED) is 0.772. The Kier molecular flexibility index (Phi) is 4.19. The molecule has 1 aromatic carbocycles. The van der Waals surface area contributed by atoms with Crippen LogP contribution in [0.25, 0.3) is 0 Å². The molecule has 2 aromatic rings. The summed E-state index contributed by atoms with van der Waals surface area (Å²) in [6.45, 7) is 1.89. The molecule has 0 saturated heterocycles. The smallest absolute Gasteiger partial charge is 0.275 e. The molecule has 0 fully saturated rings. The zero-order valence-electron chi connectivity index (χ0n) is 11.3. The number of nitrogens with one attached hydrogen (secondary N) is 2. The highest BCUT2D eigenvalue weighted by atomic mass is 79.9. The topological polar surface area (TPSA) is 70.6 Å². The molecule has 3 rings (SSSR count). The fourth-order valence-electron chi connectivity index (χ4n) is 2.03. The van der Waals surface area contributed by atoms with Gasteiger partial charge in [0.1, 0.15) is 0 Å². The number of anilines is 1. The maximum atomic E-state index is 12.2. The van der Waals surface area contributed by atoms with E-state index in [9.17, 15) is 8.42 Å². The number of hydrogen-bond acceptors (Lipinski definition) is 4. The number of sulfonamides is 1. The fourth-order valence-corrected chi connectivity index (χ4v) is 5.03. The van der Waals surface area contributed by atoms with Gasteiger partial charge in [0.25, 0.3) is 10.0 Å². The Labute approximate surface area is 145 Å². The Hall–Kier alpha value is -1.09. The Bertz CT molecular complexity index is 847. The molecule has 0 unspecified atom stereocenters. The maximum Gasteiger partial charge on any atom is 0.275 e. The first-order chi connectivity index (χ1) is 10.3. The van der Waals surface area contributed by atoms with Crippen molar-refractivity contribution in [3.63, 3.8) is 0 Å². The van der Waals surface area contributed by atoms with Crippen molar-refractivity contribution in [2.24, 2.45) is 4.99 Å². The monoisotopic (exact) mass is 419 g/mol. The summed E-state index contributed by atoms with van der Waals surface area (Å²) in [5.41, 5.74) is 1.43. The fraction of sp³-hybridized carbons (Fsp3) is 0.154. The van der Waals surface area contributed by atoms with Crippen LogP contribution in [-0.2, 0) is 10.0 Å². The first-order valence-electron chi connectivity index (χ1n) is 6.27. The SMILES string of the molecule is C[C@H](N=C1Nc2cc(Cl)sc2S(=O)(=O)N1)c1ccc(Br)cc1. The van der Waals surface area contributed by atoms with Crippen LogP contribution in [0.5, 0.6) is 0 Å². The van der Waals surface area contributed by atoms with Gasteiger partial charge in [-0.3, -0.25) is 0 Å². The van der Waals surface area contributed by atoms with Crippen molar-refractivity contribution in [1.82, 2.24) is 4.72 Å². The van der Waals surface area contributed by atoms with Crippen molar-refractivity contribution in [1.29, 1.82) is 0 Å². The molecule has 22 heavy (non-hydrogen) atoms. The molecule has 116 valence electrons. The van der Waals surface area contributed by atoms with Gasteiger partial charge < -0.3 is 5.32 Å². The van der Waals surface area contributed by atoms with Crippen LogP contribution in [0.1, 0.15) is 18.5 Å². The molecule has 0 amide bonds. The number of rotatable bonds is 2. The van der Waals surface area contributed by atoms with Crippen molar-refractivity contribution in [3.8, 4) is 0 Å². The largest absolute Gasteiger partial charge is 0.324 e. The molecule has 1 aliphatic rings. The molecule has 0 radical (unpaired) electrons. The summed E-state index contributed by atoms with van der Waals surface area (Å²) in [6.07, 6.45) is 0. The molecular weight excluding hydrogens is 410 g/mol. The Balaban J connectivity index is 1.91. The van der Waals surface area contributed by atoms with Gasteiger partial charge in [-0.05, 0) is 30.7 Å². The highest BCUT2D eigenvalue weighted by Crippen LogP contribution is 2.36. The van der Waals surface area contributed by atoms with Crippen molar-refractivity contribution in [2.45, 2.75) is 17.2 Å². The minimum atomic E-state index is -3.62. The zero-order valence-corrected chi connectivity index (χ0v) is 15.3. The molecule has 0 bridgehead atoms. The molecule has 2 heterocycles. The summed E-state index contributed by atoms with van der Waals surface area (Å²) in [5.74, 6) is 0.192. The number of thiophene rings is 1. The van der Waals surface area contributed by atoms with E-state index in [1.54, 1.807) is 6.07 Å². The van der Waals surface area contributed by atoms with Gasteiger partial charge in [0, 0.05) is 4.47 Å². The summed E-state index contributed by atoms with van der Waals surface area (Å²) in [6, 6.07) is 9.09. The summed E-state index contributed by atoms with van der Waals surface area (Å²) in [5, 5.41) is 2.96. The van der Waals surface area contributed by atoms with Gasteiger partial charge in [0.05, 0.1) is 16.1 Å². The predicted octanol–water partition coefficient (Wildman–Crippen LogP) is 3.99. The molecule has 0 aliphatic carbocycles. The van der Waals surface area contributed by atoms with Crippen LogP contribution < -0.4 is 10.0 Å². The minimum Gasteiger partial charge on any atom is -0.324 e. The van der Waals surface area contributed by atoms with E-state index < -0.39 is 10.0 Å². The Morgan fingerprint density at radius 2 is 2.00 bits per heavy atom. The normalized spacial score (nSPS) is 19.1. The lowest BCUT2D eigenvalue weighted by molar-refractivity contribution is 0.593. The van der Waals surface area contributed by atoms with E-state index in [0.29, 0.717) is 10.0 Å². The summed E-state index contributed by atoms with van der Waals surface area (Å²) >= 11 is 10.3. The van der Waals surface area contributed by atoms with E-state index in [-0.39, 0.29) is 16.2 Å². The van der Waals surface area contributed by atoms with Gasteiger partial charge in [-0.25, -0.2) is 18.1 Å². The molecule has 5 nitrogen and oxygen atoms in total. The number of benzene rings is 1. The molecule has 1 atom stereocenters. The van der Waals surface area contributed by atoms with Crippen LogP contribution in [0.4, 0.5) is 5.69 Å². The van der Waals surface area contributed by atoms with Gasteiger partial charge in [0.2, 0.25) is 5.96 Å². The van der Waals surface area contributed by atoms with Crippen LogP contribution in [-0.4, -0.2) is 14.4 Å². The molecule has 0 spiro atoms. The van der Waals surface area contributed by atoms with Gasteiger partial charge >= 0.3 is 0 Å². The second-order valence-electron chi connectivity index (χ2n) is 4.69. The second kappa shape index (κ2) is 5.84. The average Bonchev–Trinajstić information content (AvgIpc) is 2.80. The summed E-state index contributed by atoms with van der Waals surface area (Å²) < 4.78 is 28.3. The van der Waals surface area contributed by atoms with Crippen LogP contribution in [0.2, 0.25) is 4.34 Å². The average molecular weight is 421 g/mol. The molecule has 1 aliphatic heterocycles. The third kappa shape index (κ3) is 3.15. The van der Waals surface area contributed by atoms with E-state index in [2.05, 4.69) is 31.0 Å². The number of fused-ring (bicyclic) bond motifs is 1. The van der Waals surface area contributed by atoms with Crippen LogP contribution >= 0.6 is 38.9 Å². The minimum absolute atomic E-state index is 0.174. The second-order valence-corrected chi connectivity index (χ2v) is 9.16. The first kappa shape index (κ1) is 15.8. The number of halogens is 2. The predicted molar refractivity (Wildman–Crippen MR) is 93.3 cm³/mol. The zero-order chi connectivity index (χ0) is 15.9. The maximum absolute atomic E-state index is 12.2. The van der Waals surface area contributed by atoms with Crippen molar-refractivity contribution in [3.05, 3.63) is 44.7 Å². The number of aliphatic imine (C=N–C) groups is 1. The van der Waals surface area contributed by atoms with Crippen molar-refractivity contribution >= 4 is 60.5 Å². The molecular formula is C13H11BrClN3O2S2. The summed E-state index contributed by atoms with van der Waals surface area (Å²) in [4.78, 5) is 4.40. The number of hydrogen-bond donors (Lipinski definition) is 2. The highest BCUT2D eigenvalue weighted by Gasteiger charge is 2.29. The lowest BCUT2D eigenvalue weighted by Gasteiger charge is -2.19. The third-order valence-corrected chi connectivity index (χ3v) is 6.74. The third-order valence-electron chi connectivity index (χ3n) is 3.07. The molecule has 9 heteroatoms. The molecule has 2 N–H and O–H groups in total. The van der Waals surface area contributed by atoms with E-state index in [1.807, 2.05) is 31.2 Å². The lowest BCUT2D eigenvalue weighted by Crippen LogP contribution is -2.40. The lowest BCUT2D eigenvalue weighted by atomic mass is 10.1. The van der Waals surface area contributed by atoms with Crippen molar-refractivity contribution in [2.75, 3.05) is 5.32 Å². The Morgan fingerprint density at radius 1 is 1.32 bits per heavy atom. The van der Waals surface area contributed by atoms with Gasteiger partial charge in [-0.1, -0.05) is 39.7 Å². The van der Waals surface area contributed by atoms with Crippen LogP contribution in [0.15, 0.2) is 44.0 Å².